The second-order valence-corrected chi connectivity index (χ2v) is 18.6. The lowest BCUT2D eigenvalue weighted by Gasteiger charge is -2.33. The van der Waals surface area contributed by atoms with Crippen molar-refractivity contribution >= 4 is 44.4 Å². The molecule has 2 amide bonds. The zero-order valence-corrected chi connectivity index (χ0v) is 32.9. The number of aromatic nitrogens is 2. The van der Waals surface area contributed by atoms with E-state index in [2.05, 4.69) is 14.9 Å². The number of rotatable bonds is 9. The fourth-order valence-corrected chi connectivity index (χ4v) is 9.57. The minimum Gasteiger partial charge on any atom is -0.479 e. The first-order valence-corrected chi connectivity index (χ1v) is 20.6. The van der Waals surface area contributed by atoms with Gasteiger partial charge in [-0.15, -0.1) is 10.2 Å². The first-order chi connectivity index (χ1) is 28.4. The molecular formula is C41H56N4O9S. The van der Waals surface area contributed by atoms with Gasteiger partial charge in [-0.2, -0.15) is 0 Å². The molecule has 1 aromatic heterocycles. The summed E-state index contributed by atoms with van der Waals surface area (Å²) in [4.78, 5) is 59.1. The highest BCUT2D eigenvalue weighted by molar-refractivity contribution is 7.91. The highest BCUT2D eigenvalue weighted by atomic mass is 32.2. The fourth-order valence-electron chi connectivity index (χ4n) is 8.24. The summed E-state index contributed by atoms with van der Waals surface area (Å²) in [6.45, 7) is -0.400. The van der Waals surface area contributed by atoms with Crippen LogP contribution in [0.4, 0.5) is 0 Å². The standard InChI is InChI=1S/C41H56N4O9S/c1-8-26-19-25(2)13-9-10-14-27-22-41(27,38(49)44-55(50,51)40(6)17-18-40)23-33(46)32-20-28(24-45(32)37(48)31(26)21-34(47)54-39(3,4)5)53-36-30-16-12-11-15-29(30)35(52-7)42-43-36/h10-12,14-16,25-28,31-32H,8-9,13,17-24H2,1-7H3,(H,44,49)/b14-10-/t25-,26+,27+,28+,31-,32-,41+/m0/s1/i3D3,4D3. The number of carbonyl (C=O) groups excluding carboxylic acids is 4. The van der Waals surface area contributed by atoms with Crippen LogP contribution in [0.25, 0.3) is 10.8 Å². The summed E-state index contributed by atoms with van der Waals surface area (Å²) < 4.78 is 92.6. The Balaban J connectivity index is 1.39. The van der Waals surface area contributed by atoms with Crippen molar-refractivity contribution in [3.05, 3.63) is 36.4 Å². The molecule has 14 heteroatoms. The maximum Gasteiger partial charge on any atom is 0.307 e. The summed E-state index contributed by atoms with van der Waals surface area (Å²) in [6.07, 6.45) is 4.95. The molecule has 0 bridgehead atoms. The second kappa shape index (κ2) is 15.5. The highest BCUT2D eigenvalue weighted by Crippen LogP contribution is 2.58. The van der Waals surface area contributed by atoms with Gasteiger partial charge in [-0.05, 0) is 96.0 Å². The number of Topliss-reactive ketones (excluding diaryl/α,β-unsaturated/α-hetero) is 1. The van der Waals surface area contributed by atoms with Crippen molar-refractivity contribution in [1.29, 1.82) is 0 Å². The van der Waals surface area contributed by atoms with E-state index in [0.717, 1.165) is 6.92 Å². The lowest BCUT2D eigenvalue weighted by atomic mass is 9.79. The Morgan fingerprint density at radius 3 is 2.45 bits per heavy atom. The Kier molecular flexibility index (Phi) is 9.31. The number of sulfonamides is 1. The number of allylic oxidation sites excluding steroid dienone is 2. The van der Waals surface area contributed by atoms with E-state index in [9.17, 15) is 22.8 Å². The molecule has 2 saturated carbocycles. The van der Waals surface area contributed by atoms with E-state index in [1.807, 2.05) is 26.0 Å². The normalized spacial score (nSPS) is 32.3. The largest absolute Gasteiger partial charge is 0.479 e. The van der Waals surface area contributed by atoms with E-state index in [0.29, 0.717) is 49.3 Å². The molecule has 0 radical (unpaired) electrons. The molecule has 6 rings (SSSR count). The first kappa shape index (κ1) is 33.1. The molecule has 4 aliphatic rings. The van der Waals surface area contributed by atoms with E-state index >= 15 is 4.79 Å². The van der Waals surface area contributed by atoms with Crippen molar-refractivity contribution in [3.63, 3.8) is 0 Å². The number of ether oxygens (including phenoxy) is 3. The van der Waals surface area contributed by atoms with E-state index < -0.39 is 99.4 Å². The molecule has 55 heavy (non-hydrogen) atoms. The van der Waals surface area contributed by atoms with Gasteiger partial charge in [0, 0.05) is 21.1 Å². The van der Waals surface area contributed by atoms with Crippen LogP contribution in [-0.4, -0.2) is 83.2 Å². The molecule has 2 aromatic rings. The average Bonchev–Trinajstić information content (AvgIpc) is 4.06. The van der Waals surface area contributed by atoms with Crippen LogP contribution < -0.4 is 14.2 Å². The number of nitrogens with zero attached hydrogens (tertiary/aromatic N) is 3. The molecule has 3 heterocycles. The van der Waals surface area contributed by atoms with Gasteiger partial charge >= 0.3 is 5.97 Å². The van der Waals surface area contributed by atoms with Crippen LogP contribution in [0.3, 0.4) is 0 Å². The van der Waals surface area contributed by atoms with Gasteiger partial charge in [-0.25, -0.2) is 8.42 Å². The molecule has 1 aromatic carbocycles. The lowest BCUT2D eigenvalue weighted by Crippen LogP contribution is -2.48. The van der Waals surface area contributed by atoms with E-state index in [-0.39, 0.29) is 43.5 Å². The van der Waals surface area contributed by atoms with Crippen molar-refractivity contribution in [2.45, 2.75) is 128 Å². The van der Waals surface area contributed by atoms with Crippen LogP contribution in [0.15, 0.2) is 36.4 Å². The van der Waals surface area contributed by atoms with Crippen LogP contribution in [-0.2, 0) is 33.9 Å². The predicted octanol–water partition coefficient (Wildman–Crippen LogP) is 5.70. The number of methoxy groups -OCH3 is 1. The smallest absolute Gasteiger partial charge is 0.307 e. The maximum absolute atomic E-state index is 15.2. The number of hydrogen-bond donors (Lipinski definition) is 1. The molecule has 1 saturated heterocycles. The molecule has 3 fully saturated rings. The van der Waals surface area contributed by atoms with Crippen LogP contribution >= 0.6 is 0 Å². The SMILES string of the molecule is [2H]C([2H])([2H])C(C)(OC(=O)C[C@@H]1C(=O)N2C[C@H](Oc3nnc(OC)c4ccccc34)C[C@H]2C(=O)C[C@]2(C(=O)NS(=O)(=O)C3(C)CC3)C[C@H]2/C=C\CC[C@H](C)C[C@H]1CC)C([2H])([2H])[2H]. The minimum atomic E-state index is -4.05. The predicted molar refractivity (Wildman–Crippen MR) is 205 cm³/mol. The zero-order chi connectivity index (χ0) is 44.9. The quantitative estimate of drug-likeness (QED) is 0.244. The maximum atomic E-state index is 15.2. The number of fused-ring (bicyclic) bond motifs is 3. The fraction of sp³-hybridized carbons (Fsp3) is 0.659. The van der Waals surface area contributed by atoms with Crippen molar-refractivity contribution in [2.75, 3.05) is 13.7 Å². The van der Waals surface area contributed by atoms with E-state index in [4.69, 9.17) is 22.4 Å². The van der Waals surface area contributed by atoms with Crippen LogP contribution in [0.1, 0.15) is 114 Å². The summed E-state index contributed by atoms with van der Waals surface area (Å²) in [6, 6.07) is 5.89. The summed E-state index contributed by atoms with van der Waals surface area (Å²) in [5, 5.41) is 9.53. The van der Waals surface area contributed by atoms with Crippen LogP contribution in [0, 0.1) is 29.1 Å². The van der Waals surface area contributed by atoms with Gasteiger partial charge in [0.15, 0.2) is 5.78 Å². The third-order valence-electron chi connectivity index (χ3n) is 11.9. The monoisotopic (exact) mass is 786 g/mol. The Hall–Kier alpha value is -4.07. The number of carbonyl (C=O) groups is 4. The Bertz CT molecular complexity index is 2170. The summed E-state index contributed by atoms with van der Waals surface area (Å²) in [5.74, 6) is -4.84. The molecule has 1 N–H and O–H groups in total. The Labute approximate surface area is 332 Å². The third kappa shape index (κ3) is 8.68. The summed E-state index contributed by atoms with van der Waals surface area (Å²) >= 11 is 0. The summed E-state index contributed by atoms with van der Waals surface area (Å²) in [7, 11) is -2.59. The zero-order valence-electron chi connectivity index (χ0n) is 38.1. The number of nitrogens with one attached hydrogen (secondary N) is 1. The van der Waals surface area contributed by atoms with E-state index in [1.165, 1.54) is 12.0 Å². The van der Waals surface area contributed by atoms with Crippen molar-refractivity contribution in [3.8, 4) is 11.8 Å². The van der Waals surface area contributed by atoms with Gasteiger partial charge in [0.1, 0.15) is 11.7 Å². The second-order valence-electron chi connectivity index (χ2n) is 16.4. The van der Waals surface area contributed by atoms with Crippen LogP contribution in [0.2, 0.25) is 0 Å². The van der Waals surface area contributed by atoms with Gasteiger partial charge in [0.2, 0.25) is 33.6 Å². The van der Waals surface area contributed by atoms with Gasteiger partial charge < -0.3 is 19.1 Å². The number of benzene rings is 1. The molecule has 300 valence electrons. The number of esters is 1. The molecule has 2 aliphatic carbocycles. The van der Waals surface area contributed by atoms with E-state index in [1.54, 1.807) is 31.2 Å². The third-order valence-corrected chi connectivity index (χ3v) is 14.1. The highest BCUT2D eigenvalue weighted by Gasteiger charge is 2.62. The molecule has 13 nitrogen and oxygen atoms in total. The molecule has 0 spiro atoms. The molecule has 7 atom stereocenters. The van der Waals surface area contributed by atoms with Gasteiger partial charge in [0.05, 0.1) is 53.0 Å². The number of ketones is 1. The minimum absolute atomic E-state index is 0.00627. The van der Waals surface area contributed by atoms with Gasteiger partial charge in [-0.3, -0.25) is 23.9 Å². The topological polar surface area (TPSA) is 171 Å². The first-order valence-electron chi connectivity index (χ1n) is 22.1. The van der Waals surface area contributed by atoms with Crippen molar-refractivity contribution < 1.29 is 50.0 Å². The lowest BCUT2D eigenvalue weighted by molar-refractivity contribution is -0.160. The van der Waals surface area contributed by atoms with Crippen molar-refractivity contribution in [1.82, 2.24) is 19.8 Å². The average molecular weight is 787 g/mol. The molecular weight excluding hydrogens is 725 g/mol. The number of amides is 2. The molecule has 2 aliphatic heterocycles. The Morgan fingerprint density at radius 1 is 1.11 bits per heavy atom. The van der Waals surface area contributed by atoms with Gasteiger partial charge in [0.25, 0.3) is 0 Å². The summed E-state index contributed by atoms with van der Waals surface area (Å²) in [5.41, 5.74) is -4.28. The van der Waals surface area contributed by atoms with Crippen molar-refractivity contribution in [2.24, 2.45) is 29.1 Å². The number of hydrogen-bond acceptors (Lipinski definition) is 11. The Morgan fingerprint density at radius 2 is 1.80 bits per heavy atom. The molecule has 0 unspecified atom stereocenters. The van der Waals surface area contributed by atoms with Crippen LogP contribution in [0.5, 0.6) is 11.8 Å². The van der Waals surface area contributed by atoms with Gasteiger partial charge in [-0.1, -0.05) is 44.6 Å².